The van der Waals surface area contributed by atoms with E-state index in [1.807, 2.05) is 87.5 Å². The zero-order valence-corrected chi connectivity index (χ0v) is 25.3. The van der Waals surface area contributed by atoms with E-state index in [1.54, 1.807) is 0 Å². The first-order valence-electron chi connectivity index (χ1n) is 15.1. The number of benzene rings is 3. The summed E-state index contributed by atoms with van der Waals surface area (Å²) >= 11 is 0. The number of hydrogen-bond donors (Lipinski definition) is 3. The molecule has 1 aliphatic heterocycles. The lowest BCUT2D eigenvalue weighted by Gasteiger charge is -2.37. The SMILES string of the molecule is CC(C)(C)OC(=O)C(CCCCN)NC(=O)C1Cc2c([nH]c3ccccc23)CN1c1cccc(OCc2ccccc2)c1. The average Bonchev–Trinajstić information content (AvgIpc) is 3.36. The molecule has 0 radical (unpaired) electrons. The number of nitrogens with two attached hydrogens (primary N) is 1. The Labute approximate surface area is 253 Å². The van der Waals surface area contributed by atoms with Gasteiger partial charge in [-0.15, -0.1) is 0 Å². The number of carbonyl (C=O) groups is 2. The number of unbranched alkanes of at least 4 members (excludes halogenated alkanes) is 1. The number of ether oxygens (including phenoxy) is 2. The first-order chi connectivity index (χ1) is 20.7. The van der Waals surface area contributed by atoms with Crippen LogP contribution in [0.25, 0.3) is 10.9 Å². The molecule has 0 aliphatic carbocycles. The number of anilines is 1. The molecule has 226 valence electrons. The van der Waals surface area contributed by atoms with Crippen molar-refractivity contribution in [3.05, 3.63) is 95.7 Å². The highest BCUT2D eigenvalue weighted by Crippen LogP contribution is 2.34. The number of fused-ring (bicyclic) bond motifs is 3. The summed E-state index contributed by atoms with van der Waals surface area (Å²) in [6.07, 6.45) is 2.43. The van der Waals surface area contributed by atoms with Crippen molar-refractivity contribution >= 4 is 28.5 Å². The van der Waals surface area contributed by atoms with Gasteiger partial charge in [0.15, 0.2) is 0 Å². The molecular formula is C35H42N4O4. The van der Waals surface area contributed by atoms with E-state index in [2.05, 4.69) is 27.3 Å². The summed E-state index contributed by atoms with van der Waals surface area (Å²) in [5, 5.41) is 4.18. The van der Waals surface area contributed by atoms with Crippen LogP contribution in [0.3, 0.4) is 0 Å². The van der Waals surface area contributed by atoms with Crippen molar-refractivity contribution in [1.82, 2.24) is 10.3 Å². The third-order valence-electron chi connectivity index (χ3n) is 7.66. The van der Waals surface area contributed by atoms with E-state index in [1.165, 1.54) is 0 Å². The van der Waals surface area contributed by atoms with Crippen LogP contribution in [0.2, 0.25) is 0 Å². The Kier molecular flexibility index (Phi) is 9.36. The van der Waals surface area contributed by atoms with E-state index in [0.29, 0.717) is 39.0 Å². The highest BCUT2D eigenvalue weighted by Gasteiger charge is 2.36. The highest BCUT2D eigenvalue weighted by atomic mass is 16.6. The molecule has 2 atom stereocenters. The number of aromatic amines is 1. The van der Waals surface area contributed by atoms with Crippen LogP contribution in [0.5, 0.6) is 5.75 Å². The van der Waals surface area contributed by atoms with Crippen LogP contribution in [0, 0.1) is 0 Å². The fraction of sp³-hybridized carbons (Fsp3) is 0.371. The van der Waals surface area contributed by atoms with Gasteiger partial charge in [-0.1, -0.05) is 54.6 Å². The van der Waals surface area contributed by atoms with E-state index in [-0.39, 0.29) is 5.91 Å². The molecule has 8 nitrogen and oxygen atoms in total. The molecule has 4 aromatic rings. The number of hydrogen-bond acceptors (Lipinski definition) is 6. The summed E-state index contributed by atoms with van der Waals surface area (Å²) in [4.78, 5) is 33.0. The Hall–Kier alpha value is -4.30. The van der Waals surface area contributed by atoms with Crippen LogP contribution in [0.15, 0.2) is 78.9 Å². The van der Waals surface area contributed by atoms with Gasteiger partial charge in [0.25, 0.3) is 0 Å². The molecule has 1 amide bonds. The number of esters is 1. The molecule has 0 saturated carbocycles. The molecule has 0 fully saturated rings. The quantitative estimate of drug-likeness (QED) is 0.156. The second-order valence-corrected chi connectivity index (χ2v) is 12.1. The van der Waals surface area contributed by atoms with Gasteiger partial charge in [0, 0.05) is 34.8 Å². The standard InChI is InChI=1S/C35H42N4O4/c1-35(2,3)43-34(41)30(18-9-10-19-36)38-33(40)32-21-28-27-16-7-8-17-29(27)37-31(28)22-39(32)25-14-11-15-26(20-25)42-23-24-12-5-4-6-13-24/h4-8,11-17,20,30,32,37H,9-10,18-19,21-23,36H2,1-3H3,(H,38,40). The number of aromatic nitrogens is 1. The van der Waals surface area contributed by atoms with Gasteiger partial charge >= 0.3 is 5.97 Å². The van der Waals surface area contributed by atoms with E-state index in [0.717, 1.165) is 45.6 Å². The number of amides is 1. The molecule has 0 bridgehead atoms. The lowest BCUT2D eigenvalue weighted by atomic mass is 9.95. The topological polar surface area (TPSA) is 110 Å². The Balaban J connectivity index is 1.43. The van der Waals surface area contributed by atoms with Gasteiger partial charge in [0.1, 0.15) is 30.0 Å². The molecule has 0 saturated heterocycles. The highest BCUT2D eigenvalue weighted by molar-refractivity contribution is 5.92. The van der Waals surface area contributed by atoms with Crippen LogP contribution in [0.4, 0.5) is 5.69 Å². The van der Waals surface area contributed by atoms with Crippen molar-refractivity contribution in [2.24, 2.45) is 5.73 Å². The minimum atomic E-state index is -0.759. The first-order valence-corrected chi connectivity index (χ1v) is 15.1. The normalized spacial score (nSPS) is 15.5. The number of H-pyrrole nitrogens is 1. The number of rotatable bonds is 11. The molecule has 0 spiro atoms. The second kappa shape index (κ2) is 13.3. The van der Waals surface area contributed by atoms with Crippen LogP contribution in [0.1, 0.15) is 56.9 Å². The lowest BCUT2D eigenvalue weighted by Crippen LogP contribution is -2.54. The maximum atomic E-state index is 14.1. The van der Waals surface area contributed by atoms with Crippen LogP contribution in [-0.2, 0) is 33.9 Å². The van der Waals surface area contributed by atoms with Gasteiger partial charge in [-0.25, -0.2) is 4.79 Å². The van der Waals surface area contributed by atoms with Crippen LogP contribution in [-0.4, -0.2) is 41.1 Å². The average molecular weight is 583 g/mol. The smallest absolute Gasteiger partial charge is 0.329 e. The molecule has 43 heavy (non-hydrogen) atoms. The van der Waals surface area contributed by atoms with Gasteiger partial charge in [-0.05, 0) is 75.9 Å². The molecular weight excluding hydrogens is 540 g/mol. The monoisotopic (exact) mass is 582 g/mol. The Morgan fingerprint density at radius 3 is 2.56 bits per heavy atom. The van der Waals surface area contributed by atoms with Crippen LogP contribution < -0.4 is 20.7 Å². The van der Waals surface area contributed by atoms with Gasteiger partial charge in [0.2, 0.25) is 5.91 Å². The minimum absolute atomic E-state index is 0.213. The Bertz CT molecular complexity index is 1540. The van der Waals surface area contributed by atoms with E-state index in [9.17, 15) is 9.59 Å². The zero-order valence-electron chi connectivity index (χ0n) is 25.3. The van der Waals surface area contributed by atoms with E-state index >= 15 is 0 Å². The fourth-order valence-corrected chi connectivity index (χ4v) is 5.59. The zero-order chi connectivity index (χ0) is 30.4. The van der Waals surface area contributed by atoms with Gasteiger partial charge < -0.3 is 30.4 Å². The largest absolute Gasteiger partial charge is 0.489 e. The van der Waals surface area contributed by atoms with Crippen molar-refractivity contribution in [2.75, 3.05) is 11.4 Å². The van der Waals surface area contributed by atoms with E-state index in [4.69, 9.17) is 15.2 Å². The second-order valence-electron chi connectivity index (χ2n) is 12.1. The molecule has 2 unspecified atom stereocenters. The number of nitrogens with zero attached hydrogens (tertiary/aromatic N) is 1. The Morgan fingerprint density at radius 2 is 1.79 bits per heavy atom. The summed E-state index contributed by atoms with van der Waals surface area (Å²) in [5.74, 6) is 0.0795. The van der Waals surface area contributed by atoms with Crippen molar-refractivity contribution < 1.29 is 19.1 Å². The first kappa shape index (κ1) is 30.2. The van der Waals surface area contributed by atoms with Gasteiger partial charge in [-0.2, -0.15) is 0 Å². The van der Waals surface area contributed by atoms with Crippen molar-refractivity contribution in [2.45, 2.75) is 77.3 Å². The lowest BCUT2D eigenvalue weighted by molar-refractivity contribution is -0.159. The third kappa shape index (κ3) is 7.56. The van der Waals surface area contributed by atoms with Gasteiger partial charge in [-0.3, -0.25) is 4.79 Å². The summed E-state index contributed by atoms with van der Waals surface area (Å²) in [5.41, 5.74) is 10.2. The maximum absolute atomic E-state index is 14.1. The predicted octanol–water partition coefficient (Wildman–Crippen LogP) is 5.63. The number of para-hydroxylation sites is 1. The third-order valence-corrected chi connectivity index (χ3v) is 7.66. The Morgan fingerprint density at radius 1 is 1.02 bits per heavy atom. The summed E-state index contributed by atoms with van der Waals surface area (Å²) in [7, 11) is 0. The molecule has 3 aromatic carbocycles. The van der Waals surface area contributed by atoms with Crippen molar-refractivity contribution in [1.29, 1.82) is 0 Å². The molecule has 1 aromatic heterocycles. The molecule has 4 N–H and O–H groups in total. The maximum Gasteiger partial charge on any atom is 0.329 e. The summed E-state index contributed by atoms with van der Waals surface area (Å²) < 4.78 is 11.8. The minimum Gasteiger partial charge on any atom is -0.489 e. The van der Waals surface area contributed by atoms with Crippen molar-refractivity contribution in [3.8, 4) is 5.75 Å². The van der Waals surface area contributed by atoms with E-state index < -0.39 is 23.7 Å². The number of nitrogens with one attached hydrogen (secondary N) is 2. The summed E-state index contributed by atoms with van der Waals surface area (Å²) in [6.45, 7) is 6.97. The predicted molar refractivity (Wildman–Crippen MR) is 170 cm³/mol. The molecule has 5 rings (SSSR count). The van der Waals surface area contributed by atoms with Crippen LogP contribution >= 0.6 is 0 Å². The van der Waals surface area contributed by atoms with Gasteiger partial charge in [0.05, 0.1) is 6.54 Å². The van der Waals surface area contributed by atoms with Crippen molar-refractivity contribution in [3.63, 3.8) is 0 Å². The fourth-order valence-electron chi connectivity index (χ4n) is 5.59. The molecule has 2 heterocycles. The summed E-state index contributed by atoms with van der Waals surface area (Å²) in [6, 6.07) is 24.7. The molecule has 8 heteroatoms. The molecule has 1 aliphatic rings. The number of carbonyl (C=O) groups excluding carboxylic acids is 2.